The fraction of sp³-hybridized carbons (Fsp3) is 0.353. The zero-order valence-electron chi connectivity index (χ0n) is 26.4. The van der Waals surface area contributed by atoms with E-state index in [0.29, 0.717) is 34.1 Å². The van der Waals surface area contributed by atoms with Crippen molar-refractivity contribution in [2.24, 2.45) is 0 Å². The number of fused-ring (bicyclic) bond motifs is 1. The number of piperazine rings is 1. The quantitative estimate of drug-likeness (QED) is 0.216. The van der Waals surface area contributed by atoms with Crippen molar-refractivity contribution in [2.75, 3.05) is 51.8 Å². The average Bonchev–Trinajstić information content (AvgIpc) is 3.51. The van der Waals surface area contributed by atoms with E-state index >= 15 is 8.78 Å². The molecule has 11 nitrogen and oxygen atoms in total. The molecule has 4 heterocycles. The van der Waals surface area contributed by atoms with Crippen LogP contribution in [0.5, 0.6) is 11.8 Å². The molecule has 4 aromatic rings. The molecule has 2 aliphatic heterocycles. The third kappa shape index (κ3) is 6.86. The Bertz CT molecular complexity index is 1890. The highest BCUT2D eigenvalue weighted by molar-refractivity contribution is 6.31. The first-order chi connectivity index (χ1) is 23.3. The van der Waals surface area contributed by atoms with Gasteiger partial charge in [-0.05, 0) is 56.8 Å². The van der Waals surface area contributed by atoms with Gasteiger partial charge in [0.2, 0.25) is 0 Å². The molecule has 248 valence electrons. The van der Waals surface area contributed by atoms with Crippen LogP contribution >= 0.6 is 11.6 Å². The van der Waals surface area contributed by atoms with E-state index in [1.807, 2.05) is 11.9 Å². The van der Waals surface area contributed by atoms with E-state index in [-0.39, 0.29) is 55.0 Å². The van der Waals surface area contributed by atoms with Crippen LogP contribution in [0.4, 0.5) is 14.6 Å². The van der Waals surface area contributed by atoms with Gasteiger partial charge in [-0.2, -0.15) is 15.2 Å². The smallest absolute Gasteiger partial charge is 0.319 e. The van der Waals surface area contributed by atoms with Crippen LogP contribution in [0, 0.1) is 17.1 Å². The molecule has 2 aromatic carbocycles. The third-order valence-electron chi connectivity index (χ3n) is 8.71. The maximum atomic E-state index is 16.5. The highest BCUT2D eigenvalue weighted by Gasteiger charge is 2.34. The number of benzene rings is 2. The summed E-state index contributed by atoms with van der Waals surface area (Å²) in [5.74, 6) is -1.65. The normalized spacial score (nSPS) is 18.6. The first-order valence-electron chi connectivity index (χ1n) is 15.5. The second-order valence-electron chi connectivity index (χ2n) is 11.6. The summed E-state index contributed by atoms with van der Waals surface area (Å²) in [5, 5.41) is 10.5. The summed E-state index contributed by atoms with van der Waals surface area (Å²) in [6.07, 6.45) is 5.80. The fourth-order valence-corrected chi connectivity index (χ4v) is 6.36. The SMILES string of the molecule is COc1ccc(Cl)cc1-c1ccc2c(N3CCN(C(=O)/C(F)=C/c4ncccn4)[C@@H](CC#N)C3)nc(OC[C@@H]3CCCN3C)nc2c1F. The van der Waals surface area contributed by atoms with Gasteiger partial charge in [0.1, 0.15) is 23.7 Å². The van der Waals surface area contributed by atoms with E-state index < -0.39 is 23.6 Å². The molecule has 2 aliphatic rings. The number of aromatic nitrogens is 4. The van der Waals surface area contributed by atoms with Gasteiger partial charge in [0.05, 0.1) is 25.6 Å². The standard InChI is InChI=1S/C34H33ClF2N8O3/c1-43-14-3-5-23(43)20-48-34-41-31-25(8-7-24(30(31)37)26-17-21(35)6-9-28(26)47-2)32(42-34)44-15-16-45(22(19-44)10-11-38)33(46)27(36)18-29-39-12-4-13-40-29/h4,6-9,12-13,17-18,22-23H,3,5,10,14-16,19-20H2,1-2H3/b27-18-/t22-,23-/m0/s1. The molecule has 14 heteroatoms. The minimum Gasteiger partial charge on any atom is -0.496 e. The van der Waals surface area contributed by atoms with Gasteiger partial charge in [0, 0.05) is 65.7 Å². The first kappa shape index (κ1) is 33.0. The molecule has 0 saturated carbocycles. The van der Waals surface area contributed by atoms with Crippen molar-refractivity contribution in [3.8, 4) is 29.0 Å². The van der Waals surface area contributed by atoms with Crippen LogP contribution in [0.15, 0.2) is 54.6 Å². The van der Waals surface area contributed by atoms with E-state index in [0.717, 1.165) is 25.5 Å². The molecule has 6 rings (SSSR count). The van der Waals surface area contributed by atoms with E-state index in [9.17, 15) is 10.1 Å². The molecule has 0 unspecified atom stereocenters. The largest absolute Gasteiger partial charge is 0.496 e. The molecule has 48 heavy (non-hydrogen) atoms. The van der Waals surface area contributed by atoms with Crippen LogP contribution < -0.4 is 14.4 Å². The van der Waals surface area contributed by atoms with Crippen LogP contribution in [-0.4, -0.2) is 94.7 Å². The number of hydrogen-bond acceptors (Lipinski definition) is 10. The molecule has 0 bridgehead atoms. The van der Waals surface area contributed by atoms with E-state index in [1.54, 1.807) is 36.4 Å². The Kier molecular flexibility index (Phi) is 9.93. The summed E-state index contributed by atoms with van der Waals surface area (Å²) in [6.45, 7) is 1.72. The van der Waals surface area contributed by atoms with Crippen LogP contribution in [0.25, 0.3) is 28.1 Å². The number of amides is 1. The van der Waals surface area contributed by atoms with E-state index in [2.05, 4.69) is 25.9 Å². The molecule has 0 spiro atoms. The second-order valence-corrected chi connectivity index (χ2v) is 12.1. The van der Waals surface area contributed by atoms with Crippen molar-refractivity contribution in [1.82, 2.24) is 29.7 Å². The molecule has 0 N–H and O–H groups in total. The Hall–Kier alpha value is -4.93. The van der Waals surface area contributed by atoms with Gasteiger partial charge in [0.15, 0.2) is 17.5 Å². The number of carbonyl (C=O) groups excluding carboxylic acids is 1. The van der Waals surface area contributed by atoms with Crippen LogP contribution in [0.1, 0.15) is 25.1 Å². The summed E-state index contributed by atoms with van der Waals surface area (Å²) in [7, 11) is 3.52. The highest BCUT2D eigenvalue weighted by Crippen LogP contribution is 2.39. The van der Waals surface area contributed by atoms with Gasteiger partial charge < -0.3 is 24.2 Å². The molecular formula is C34H33ClF2N8O3. The van der Waals surface area contributed by atoms with E-state index in [4.69, 9.17) is 26.1 Å². The minimum atomic E-state index is -1.04. The monoisotopic (exact) mass is 674 g/mol. The average molecular weight is 675 g/mol. The Morgan fingerprint density at radius 1 is 1.12 bits per heavy atom. The number of carbonyl (C=O) groups is 1. The van der Waals surface area contributed by atoms with Crippen molar-refractivity contribution in [2.45, 2.75) is 31.3 Å². The Morgan fingerprint density at radius 3 is 2.67 bits per heavy atom. The lowest BCUT2D eigenvalue weighted by molar-refractivity contribution is -0.131. The van der Waals surface area contributed by atoms with Gasteiger partial charge in [-0.1, -0.05) is 17.7 Å². The molecule has 2 aromatic heterocycles. The van der Waals surface area contributed by atoms with Crippen molar-refractivity contribution >= 4 is 40.3 Å². The summed E-state index contributed by atoms with van der Waals surface area (Å²) < 4.78 is 43.2. The molecule has 0 radical (unpaired) electrons. The van der Waals surface area contributed by atoms with Crippen LogP contribution in [0.3, 0.4) is 0 Å². The minimum absolute atomic E-state index is 0.000845. The number of anilines is 1. The molecule has 2 fully saturated rings. The zero-order chi connectivity index (χ0) is 33.8. The zero-order valence-corrected chi connectivity index (χ0v) is 27.2. The summed E-state index contributed by atoms with van der Waals surface area (Å²) in [6, 6.07) is 11.5. The third-order valence-corrected chi connectivity index (χ3v) is 8.95. The number of nitriles is 1. The molecule has 2 atom stereocenters. The Balaban J connectivity index is 1.37. The number of methoxy groups -OCH3 is 1. The maximum Gasteiger partial charge on any atom is 0.319 e. The molecule has 2 saturated heterocycles. The number of nitrogens with zero attached hydrogens (tertiary/aromatic N) is 8. The fourth-order valence-electron chi connectivity index (χ4n) is 6.18. The lowest BCUT2D eigenvalue weighted by Crippen LogP contribution is -2.55. The first-order valence-corrected chi connectivity index (χ1v) is 15.9. The van der Waals surface area contributed by atoms with Gasteiger partial charge in [-0.25, -0.2) is 18.7 Å². The number of likely N-dealkylation sites (tertiary alicyclic amines) is 1. The summed E-state index contributed by atoms with van der Waals surface area (Å²) in [5.41, 5.74) is 0.716. The maximum absolute atomic E-state index is 16.5. The van der Waals surface area contributed by atoms with Gasteiger partial charge in [-0.15, -0.1) is 0 Å². The van der Waals surface area contributed by atoms with Crippen LogP contribution in [-0.2, 0) is 4.79 Å². The highest BCUT2D eigenvalue weighted by atomic mass is 35.5. The number of hydrogen-bond donors (Lipinski definition) is 0. The predicted octanol–water partition coefficient (Wildman–Crippen LogP) is 5.30. The number of likely N-dealkylation sites (N-methyl/N-ethyl adjacent to an activating group) is 1. The Morgan fingerprint density at radius 2 is 1.94 bits per heavy atom. The van der Waals surface area contributed by atoms with Crippen LogP contribution in [0.2, 0.25) is 5.02 Å². The summed E-state index contributed by atoms with van der Waals surface area (Å²) in [4.78, 5) is 35.7. The second kappa shape index (κ2) is 14.5. The van der Waals surface area contributed by atoms with Gasteiger partial charge >= 0.3 is 6.01 Å². The lowest BCUT2D eigenvalue weighted by atomic mass is 10.0. The van der Waals surface area contributed by atoms with Crippen molar-refractivity contribution in [3.05, 3.63) is 71.3 Å². The van der Waals surface area contributed by atoms with Gasteiger partial charge in [0.25, 0.3) is 5.91 Å². The van der Waals surface area contributed by atoms with Crippen molar-refractivity contribution in [3.63, 3.8) is 0 Å². The number of ether oxygens (including phenoxy) is 2. The van der Waals surface area contributed by atoms with E-state index in [1.165, 1.54) is 24.4 Å². The Labute approximate surface area is 281 Å². The molecule has 0 aliphatic carbocycles. The predicted molar refractivity (Wildman–Crippen MR) is 177 cm³/mol. The summed E-state index contributed by atoms with van der Waals surface area (Å²) >= 11 is 6.28. The molecule has 1 amide bonds. The topological polar surface area (TPSA) is 121 Å². The van der Waals surface area contributed by atoms with Crippen molar-refractivity contribution in [1.29, 1.82) is 5.26 Å². The number of rotatable bonds is 9. The van der Waals surface area contributed by atoms with Gasteiger partial charge in [-0.3, -0.25) is 4.79 Å². The van der Waals surface area contributed by atoms with Crippen molar-refractivity contribution < 1.29 is 23.0 Å². The number of halogens is 3. The molecular weight excluding hydrogens is 642 g/mol. The lowest BCUT2D eigenvalue weighted by Gasteiger charge is -2.41.